The summed E-state index contributed by atoms with van der Waals surface area (Å²) in [5.41, 5.74) is 2.18. The SMILES string of the molecule is c1cn(-c2cc(N3CCCC(Nc4ccc5[nH]ncc5c4)C3)ncn2)cn1. The monoisotopic (exact) mass is 360 g/mol. The molecule has 1 aromatic carbocycles. The Balaban J connectivity index is 1.32. The van der Waals surface area contributed by atoms with Gasteiger partial charge >= 0.3 is 0 Å². The van der Waals surface area contributed by atoms with Crippen LogP contribution in [0.5, 0.6) is 0 Å². The molecule has 1 fully saturated rings. The second-order valence-electron chi connectivity index (χ2n) is 6.81. The zero-order valence-electron chi connectivity index (χ0n) is 14.8. The molecule has 0 aliphatic carbocycles. The molecule has 8 heteroatoms. The Morgan fingerprint density at radius 3 is 3.04 bits per heavy atom. The average Bonchev–Trinajstić information content (AvgIpc) is 3.40. The van der Waals surface area contributed by atoms with E-state index in [1.807, 2.05) is 23.0 Å². The van der Waals surface area contributed by atoms with Gasteiger partial charge in [0, 0.05) is 48.7 Å². The van der Waals surface area contributed by atoms with Crippen molar-refractivity contribution in [2.24, 2.45) is 0 Å². The molecule has 3 aromatic heterocycles. The predicted octanol–water partition coefficient (Wildman–Crippen LogP) is 2.62. The van der Waals surface area contributed by atoms with Crippen LogP contribution in [0.3, 0.4) is 0 Å². The number of imidazole rings is 1. The van der Waals surface area contributed by atoms with Gasteiger partial charge in [0.1, 0.15) is 24.3 Å². The minimum atomic E-state index is 0.370. The maximum absolute atomic E-state index is 4.49. The van der Waals surface area contributed by atoms with Gasteiger partial charge in [-0.3, -0.25) is 9.67 Å². The number of benzene rings is 1. The molecule has 136 valence electrons. The van der Waals surface area contributed by atoms with E-state index >= 15 is 0 Å². The van der Waals surface area contributed by atoms with Crippen molar-refractivity contribution in [3.8, 4) is 5.82 Å². The van der Waals surface area contributed by atoms with Crippen molar-refractivity contribution in [1.29, 1.82) is 0 Å². The Labute approximate surface area is 156 Å². The van der Waals surface area contributed by atoms with Gasteiger partial charge in [0.15, 0.2) is 0 Å². The van der Waals surface area contributed by atoms with Gasteiger partial charge < -0.3 is 10.2 Å². The number of nitrogens with zero attached hydrogens (tertiary/aromatic N) is 6. The fourth-order valence-electron chi connectivity index (χ4n) is 3.62. The van der Waals surface area contributed by atoms with E-state index in [1.165, 1.54) is 0 Å². The van der Waals surface area contributed by atoms with Crippen LogP contribution in [0.2, 0.25) is 0 Å². The van der Waals surface area contributed by atoms with E-state index in [9.17, 15) is 0 Å². The summed E-state index contributed by atoms with van der Waals surface area (Å²) in [7, 11) is 0. The normalized spacial score (nSPS) is 17.3. The van der Waals surface area contributed by atoms with Gasteiger partial charge in [-0.15, -0.1) is 0 Å². The first-order valence-corrected chi connectivity index (χ1v) is 9.10. The van der Waals surface area contributed by atoms with Crippen LogP contribution in [0.1, 0.15) is 12.8 Å². The van der Waals surface area contributed by atoms with Crippen LogP contribution < -0.4 is 10.2 Å². The average molecular weight is 360 g/mol. The Morgan fingerprint density at radius 1 is 1.15 bits per heavy atom. The Kier molecular flexibility index (Phi) is 3.93. The quantitative estimate of drug-likeness (QED) is 0.582. The van der Waals surface area contributed by atoms with Crippen LogP contribution in [-0.4, -0.2) is 48.8 Å². The van der Waals surface area contributed by atoms with Crippen LogP contribution in [0.4, 0.5) is 11.5 Å². The third-order valence-electron chi connectivity index (χ3n) is 4.96. The summed E-state index contributed by atoms with van der Waals surface area (Å²) < 4.78 is 1.89. The molecule has 0 bridgehead atoms. The standard InChI is InChI=1S/C19H20N8/c1-2-16(24-15-3-4-17-14(8-15)10-23-25-17)11-26(6-1)18-9-19(22-12-21-18)27-7-5-20-13-27/h3-5,7-10,12-13,16,24H,1-2,6,11H2,(H,23,25). The number of nitrogens with one attached hydrogen (secondary N) is 2. The third kappa shape index (κ3) is 3.21. The van der Waals surface area contributed by atoms with Gasteiger partial charge in [-0.25, -0.2) is 15.0 Å². The molecule has 0 radical (unpaired) electrons. The van der Waals surface area contributed by atoms with E-state index in [0.29, 0.717) is 6.04 Å². The van der Waals surface area contributed by atoms with Crippen LogP contribution in [-0.2, 0) is 0 Å². The lowest BCUT2D eigenvalue weighted by Crippen LogP contribution is -2.42. The number of fused-ring (bicyclic) bond motifs is 1. The fraction of sp³-hybridized carbons (Fsp3) is 0.263. The molecular weight excluding hydrogens is 340 g/mol. The zero-order valence-corrected chi connectivity index (χ0v) is 14.8. The number of aromatic nitrogens is 6. The summed E-state index contributed by atoms with van der Waals surface area (Å²) in [6.45, 7) is 1.91. The highest BCUT2D eigenvalue weighted by atomic mass is 15.2. The molecule has 8 nitrogen and oxygen atoms in total. The largest absolute Gasteiger partial charge is 0.381 e. The molecule has 5 rings (SSSR count). The number of hydrogen-bond donors (Lipinski definition) is 2. The third-order valence-corrected chi connectivity index (χ3v) is 4.96. The molecule has 27 heavy (non-hydrogen) atoms. The van der Waals surface area contributed by atoms with Gasteiger partial charge in [0.2, 0.25) is 0 Å². The maximum Gasteiger partial charge on any atom is 0.143 e. The number of piperidine rings is 1. The zero-order chi connectivity index (χ0) is 18.1. The van der Waals surface area contributed by atoms with Gasteiger partial charge in [-0.2, -0.15) is 5.10 Å². The highest BCUT2D eigenvalue weighted by molar-refractivity contribution is 5.81. The van der Waals surface area contributed by atoms with Crippen LogP contribution >= 0.6 is 0 Å². The molecule has 1 atom stereocenters. The summed E-state index contributed by atoms with van der Waals surface area (Å²) in [5.74, 6) is 1.78. The first kappa shape index (κ1) is 15.8. The lowest BCUT2D eigenvalue weighted by molar-refractivity contribution is 0.526. The van der Waals surface area contributed by atoms with Crippen molar-refractivity contribution >= 4 is 22.4 Å². The van der Waals surface area contributed by atoms with E-state index in [2.05, 4.69) is 53.6 Å². The molecule has 1 unspecified atom stereocenters. The Hall–Kier alpha value is -3.42. The van der Waals surface area contributed by atoms with E-state index in [-0.39, 0.29) is 0 Å². The van der Waals surface area contributed by atoms with Crippen molar-refractivity contribution in [3.63, 3.8) is 0 Å². The summed E-state index contributed by atoms with van der Waals surface area (Å²) >= 11 is 0. The summed E-state index contributed by atoms with van der Waals surface area (Å²) in [5, 5.41) is 11.9. The van der Waals surface area contributed by atoms with Crippen molar-refractivity contribution in [3.05, 3.63) is 55.5 Å². The van der Waals surface area contributed by atoms with E-state index in [4.69, 9.17) is 0 Å². The van der Waals surface area contributed by atoms with Crippen molar-refractivity contribution in [2.45, 2.75) is 18.9 Å². The first-order chi connectivity index (χ1) is 13.3. The second kappa shape index (κ2) is 6.71. The number of hydrogen-bond acceptors (Lipinski definition) is 6. The summed E-state index contributed by atoms with van der Waals surface area (Å²) in [6, 6.07) is 8.69. The van der Waals surface area contributed by atoms with Crippen molar-refractivity contribution in [2.75, 3.05) is 23.3 Å². The molecular formula is C19H20N8. The number of H-pyrrole nitrogens is 1. The van der Waals surface area contributed by atoms with E-state index < -0.39 is 0 Å². The highest BCUT2D eigenvalue weighted by Gasteiger charge is 2.21. The minimum absolute atomic E-state index is 0.370. The highest BCUT2D eigenvalue weighted by Crippen LogP contribution is 2.23. The first-order valence-electron chi connectivity index (χ1n) is 9.10. The lowest BCUT2D eigenvalue weighted by atomic mass is 10.0. The molecule has 1 saturated heterocycles. The van der Waals surface area contributed by atoms with Crippen LogP contribution in [0, 0.1) is 0 Å². The van der Waals surface area contributed by atoms with Crippen LogP contribution in [0.15, 0.2) is 55.5 Å². The molecule has 1 aliphatic heterocycles. The lowest BCUT2D eigenvalue weighted by Gasteiger charge is -2.34. The Morgan fingerprint density at radius 2 is 2.11 bits per heavy atom. The molecule has 0 amide bonds. The van der Waals surface area contributed by atoms with Gasteiger partial charge in [0.25, 0.3) is 0 Å². The molecule has 4 heterocycles. The van der Waals surface area contributed by atoms with E-state index in [1.54, 1.807) is 18.9 Å². The Bertz CT molecular complexity index is 1040. The van der Waals surface area contributed by atoms with Gasteiger partial charge in [0.05, 0.1) is 11.7 Å². The maximum atomic E-state index is 4.49. The number of rotatable bonds is 4. The summed E-state index contributed by atoms with van der Waals surface area (Å²) in [4.78, 5) is 15.2. The van der Waals surface area contributed by atoms with Crippen molar-refractivity contribution < 1.29 is 0 Å². The van der Waals surface area contributed by atoms with Crippen LogP contribution in [0.25, 0.3) is 16.7 Å². The molecule has 0 spiro atoms. The fourth-order valence-corrected chi connectivity index (χ4v) is 3.62. The molecule has 0 saturated carbocycles. The van der Waals surface area contributed by atoms with E-state index in [0.717, 1.165) is 54.2 Å². The van der Waals surface area contributed by atoms with Crippen molar-refractivity contribution in [1.82, 2.24) is 29.7 Å². The topological polar surface area (TPSA) is 87.5 Å². The smallest absolute Gasteiger partial charge is 0.143 e. The second-order valence-corrected chi connectivity index (χ2v) is 6.81. The summed E-state index contributed by atoms with van der Waals surface area (Å²) in [6.07, 6.45) is 11.1. The number of anilines is 2. The molecule has 4 aromatic rings. The minimum Gasteiger partial charge on any atom is -0.381 e. The molecule has 2 N–H and O–H groups in total. The van der Waals surface area contributed by atoms with Gasteiger partial charge in [-0.1, -0.05) is 0 Å². The predicted molar refractivity (Wildman–Crippen MR) is 104 cm³/mol. The van der Waals surface area contributed by atoms with Gasteiger partial charge in [-0.05, 0) is 31.0 Å². The molecule has 1 aliphatic rings. The number of aromatic amines is 1.